The SMILES string of the molecule is CC(NCc1cnn(Cc2ccccc2)c1)c1nccs1. The Hall–Kier alpha value is -1.98. The average Bonchev–Trinajstić information content (AvgIpc) is 3.17. The van der Waals surface area contributed by atoms with Crippen LogP contribution in [0.5, 0.6) is 0 Å². The molecule has 0 aliphatic heterocycles. The van der Waals surface area contributed by atoms with Crippen molar-refractivity contribution < 1.29 is 0 Å². The normalized spacial score (nSPS) is 12.4. The highest BCUT2D eigenvalue weighted by Gasteiger charge is 2.08. The van der Waals surface area contributed by atoms with Crippen LogP contribution in [-0.2, 0) is 13.1 Å². The summed E-state index contributed by atoms with van der Waals surface area (Å²) in [5, 5.41) is 11.0. The van der Waals surface area contributed by atoms with Gasteiger partial charge in [0, 0.05) is 29.9 Å². The number of hydrogen-bond acceptors (Lipinski definition) is 4. The maximum atomic E-state index is 4.42. The van der Waals surface area contributed by atoms with E-state index < -0.39 is 0 Å². The highest BCUT2D eigenvalue weighted by molar-refractivity contribution is 7.09. The predicted molar refractivity (Wildman–Crippen MR) is 85.1 cm³/mol. The molecule has 3 rings (SSSR count). The predicted octanol–water partition coefficient (Wildman–Crippen LogP) is 3.24. The van der Waals surface area contributed by atoms with Gasteiger partial charge in [-0.1, -0.05) is 30.3 Å². The average molecular weight is 298 g/mol. The van der Waals surface area contributed by atoms with Crippen molar-refractivity contribution in [2.24, 2.45) is 0 Å². The van der Waals surface area contributed by atoms with Crippen molar-refractivity contribution in [3.63, 3.8) is 0 Å². The van der Waals surface area contributed by atoms with Crippen molar-refractivity contribution >= 4 is 11.3 Å². The van der Waals surface area contributed by atoms with Gasteiger partial charge in [0.1, 0.15) is 5.01 Å². The molecule has 21 heavy (non-hydrogen) atoms. The van der Waals surface area contributed by atoms with E-state index in [9.17, 15) is 0 Å². The third-order valence-electron chi connectivity index (χ3n) is 3.31. The molecular formula is C16H18N4S. The van der Waals surface area contributed by atoms with Crippen LogP contribution in [0.4, 0.5) is 0 Å². The van der Waals surface area contributed by atoms with Crippen LogP contribution in [0, 0.1) is 0 Å². The van der Waals surface area contributed by atoms with Gasteiger partial charge in [0.15, 0.2) is 0 Å². The van der Waals surface area contributed by atoms with Gasteiger partial charge in [-0.05, 0) is 12.5 Å². The molecule has 0 fully saturated rings. The first-order valence-corrected chi connectivity index (χ1v) is 7.87. The second kappa shape index (κ2) is 6.65. The maximum Gasteiger partial charge on any atom is 0.109 e. The summed E-state index contributed by atoms with van der Waals surface area (Å²) in [7, 11) is 0. The van der Waals surface area contributed by atoms with Gasteiger partial charge < -0.3 is 5.32 Å². The molecule has 1 aromatic carbocycles. The fourth-order valence-corrected chi connectivity index (χ4v) is 2.83. The Balaban J connectivity index is 1.55. The number of rotatable bonds is 6. The summed E-state index contributed by atoms with van der Waals surface area (Å²) in [4.78, 5) is 4.32. The van der Waals surface area contributed by atoms with E-state index in [1.807, 2.05) is 28.5 Å². The molecule has 0 radical (unpaired) electrons. The lowest BCUT2D eigenvalue weighted by Crippen LogP contribution is -2.17. The van der Waals surface area contributed by atoms with E-state index in [1.165, 1.54) is 11.1 Å². The molecule has 1 unspecified atom stereocenters. The summed E-state index contributed by atoms with van der Waals surface area (Å²) in [6.07, 6.45) is 5.86. The smallest absolute Gasteiger partial charge is 0.109 e. The first kappa shape index (κ1) is 14.0. The molecule has 3 aromatic rings. The summed E-state index contributed by atoms with van der Waals surface area (Å²) >= 11 is 1.68. The van der Waals surface area contributed by atoms with E-state index in [0.717, 1.165) is 18.1 Å². The Kier molecular flexibility index (Phi) is 4.43. The van der Waals surface area contributed by atoms with E-state index >= 15 is 0 Å². The molecule has 0 saturated heterocycles. The van der Waals surface area contributed by atoms with Crippen LogP contribution in [0.1, 0.15) is 29.1 Å². The quantitative estimate of drug-likeness (QED) is 0.759. The molecule has 2 heterocycles. The number of aromatic nitrogens is 3. The van der Waals surface area contributed by atoms with Crippen molar-refractivity contribution in [2.45, 2.75) is 26.1 Å². The largest absolute Gasteiger partial charge is 0.304 e. The summed E-state index contributed by atoms with van der Waals surface area (Å²) in [6, 6.07) is 10.6. The van der Waals surface area contributed by atoms with E-state index in [2.05, 4.69) is 52.8 Å². The van der Waals surface area contributed by atoms with E-state index in [4.69, 9.17) is 0 Å². The maximum absolute atomic E-state index is 4.42. The highest BCUT2D eigenvalue weighted by Crippen LogP contribution is 2.15. The molecule has 0 spiro atoms. The monoisotopic (exact) mass is 298 g/mol. The van der Waals surface area contributed by atoms with Crippen molar-refractivity contribution in [3.8, 4) is 0 Å². The van der Waals surface area contributed by atoms with Gasteiger partial charge in [0.2, 0.25) is 0 Å². The minimum Gasteiger partial charge on any atom is -0.304 e. The Bertz CT molecular complexity index is 661. The number of thiazole rings is 1. The summed E-state index contributed by atoms with van der Waals surface area (Å²) in [6.45, 7) is 3.74. The number of hydrogen-bond donors (Lipinski definition) is 1. The molecule has 0 bridgehead atoms. The van der Waals surface area contributed by atoms with Crippen LogP contribution >= 0.6 is 11.3 Å². The van der Waals surface area contributed by atoms with Gasteiger partial charge >= 0.3 is 0 Å². The zero-order chi connectivity index (χ0) is 14.5. The van der Waals surface area contributed by atoms with Crippen LogP contribution in [0.3, 0.4) is 0 Å². The number of nitrogens with one attached hydrogen (secondary N) is 1. The molecule has 5 heteroatoms. The molecule has 2 aromatic heterocycles. The summed E-state index contributed by atoms with van der Waals surface area (Å²) < 4.78 is 1.97. The zero-order valence-corrected chi connectivity index (χ0v) is 12.8. The van der Waals surface area contributed by atoms with E-state index in [-0.39, 0.29) is 6.04 Å². The van der Waals surface area contributed by atoms with Crippen molar-refractivity contribution in [2.75, 3.05) is 0 Å². The topological polar surface area (TPSA) is 42.7 Å². The van der Waals surface area contributed by atoms with Crippen LogP contribution in [0.25, 0.3) is 0 Å². The fraction of sp³-hybridized carbons (Fsp3) is 0.250. The molecule has 1 atom stereocenters. The second-order valence-electron chi connectivity index (χ2n) is 5.00. The highest BCUT2D eigenvalue weighted by atomic mass is 32.1. The van der Waals surface area contributed by atoms with E-state index in [1.54, 1.807) is 11.3 Å². The van der Waals surface area contributed by atoms with Gasteiger partial charge in [0.05, 0.1) is 18.8 Å². The Labute approximate surface area is 128 Å². The standard InChI is InChI=1S/C16H18N4S/c1-13(16-17-7-8-21-16)18-9-15-10-19-20(12-15)11-14-5-3-2-4-6-14/h2-8,10,12-13,18H,9,11H2,1H3. The summed E-state index contributed by atoms with van der Waals surface area (Å²) in [5.74, 6) is 0. The minimum absolute atomic E-state index is 0.266. The molecule has 1 N–H and O–H groups in total. The first-order valence-electron chi connectivity index (χ1n) is 6.99. The van der Waals surface area contributed by atoms with Gasteiger partial charge in [-0.3, -0.25) is 4.68 Å². The van der Waals surface area contributed by atoms with E-state index in [0.29, 0.717) is 0 Å². The summed E-state index contributed by atoms with van der Waals surface area (Å²) in [5.41, 5.74) is 2.45. The Morgan fingerprint density at radius 2 is 2.10 bits per heavy atom. The fourth-order valence-electron chi connectivity index (χ4n) is 2.16. The van der Waals surface area contributed by atoms with Crippen LogP contribution in [0.15, 0.2) is 54.3 Å². The third-order valence-corrected chi connectivity index (χ3v) is 4.27. The molecule has 0 saturated carbocycles. The zero-order valence-electron chi connectivity index (χ0n) is 11.9. The van der Waals surface area contributed by atoms with Gasteiger partial charge in [-0.2, -0.15) is 5.10 Å². The molecule has 4 nitrogen and oxygen atoms in total. The van der Waals surface area contributed by atoms with Crippen molar-refractivity contribution in [1.82, 2.24) is 20.1 Å². The van der Waals surface area contributed by atoms with Gasteiger partial charge in [-0.15, -0.1) is 11.3 Å². The lowest BCUT2D eigenvalue weighted by molar-refractivity contribution is 0.571. The molecule has 0 aliphatic rings. The Morgan fingerprint density at radius 1 is 1.24 bits per heavy atom. The van der Waals surface area contributed by atoms with Crippen LogP contribution < -0.4 is 5.32 Å². The lowest BCUT2D eigenvalue weighted by Gasteiger charge is -2.09. The molecule has 0 aliphatic carbocycles. The van der Waals surface area contributed by atoms with Crippen LogP contribution in [0.2, 0.25) is 0 Å². The molecular weight excluding hydrogens is 280 g/mol. The number of nitrogens with zero attached hydrogens (tertiary/aromatic N) is 3. The Morgan fingerprint density at radius 3 is 2.86 bits per heavy atom. The number of benzene rings is 1. The van der Waals surface area contributed by atoms with Gasteiger partial charge in [0.25, 0.3) is 0 Å². The minimum atomic E-state index is 0.266. The van der Waals surface area contributed by atoms with Gasteiger partial charge in [-0.25, -0.2) is 4.98 Å². The molecule has 108 valence electrons. The first-order chi connectivity index (χ1) is 10.3. The van der Waals surface area contributed by atoms with Crippen molar-refractivity contribution in [3.05, 3.63) is 70.4 Å². The van der Waals surface area contributed by atoms with Crippen LogP contribution in [-0.4, -0.2) is 14.8 Å². The second-order valence-corrected chi connectivity index (χ2v) is 5.93. The third kappa shape index (κ3) is 3.77. The van der Waals surface area contributed by atoms with Crippen molar-refractivity contribution in [1.29, 1.82) is 0 Å². The lowest BCUT2D eigenvalue weighted by atomic mass is 10.2. The molecule has 0 amide bonds.